The van der Waals surface area contributed by atoms with Gasteiger partial charge in [0.05, 0.1) is 0 Å². The number of benzene rings is 1. The number of hydrogen-bond donors (Lipinski definition) is 3. The maximum atomic E-state index is 10.5. The summed E-state index contributed by atoms with van der Waals surface area (Å²) in [7, 11) is 0. The Labute approximate surface area is 167 Å². The third-order valence-electron chi connectivity index (χ3n) is 6.68. The monoisotopic (exact) mass is 390 g/mol. The summed E-state index contributed by atoms with van der Waals surface area (Å²) in [5, 5.41) is 31.0. The highest BCUT2D eigenvalue weighted by Gasteiger charge is 2.44. The first-order chi connectivity index (χ1) is 13.4. The fourth-order valence-electron chi connectivity index (χ4n) is 4.10. The van der Waals surface area contributed by atoms with E-state index in [0.29, 0.717) is 35.9 Å². The number of phenolic OH excluding ortho intramolecular Hbond substituents is 3. The minimum atomic E-state index is -0.269. The van der Waals surface area contributed by atoms with E-state index >= 15 is 0 Å². The Morgan fingerprint density at radius 1 is 0.929 bits per heavy atom. The van der Waals surface area contributed by atoms with Crippen LogP contribution in [-0.4, -0.2) is 27.4 Å². The number of carbonyl (C=O) groups is 1. The summed E-state index contributed by atoms with van der Waals surface area (Å²) < 4.78 is 5.13. The van der Waals surface area contributed by atoms with Crippen LogP contribution in [0.4, 0.5) is 0 Å². The van der Waals surface area contributed by atoms with Gasteiger partial charge in [-0.25, -0.2) is 0 Å². The molecule has 0 unspecified atom stereocenters. The summed E-state index contributed by atoms with van der Waals surface area (Å²) in [5.74, 6) is -0.225. The molecular formula is C23H34O5. The van der Waals surface area contributed by atoms with Gasteiger partial charge in [0.2, 0.25) is 0 Å². The molecule has 0 bridgehead atoms. The van der Waals surface area contributed by atoms with Crippen LogP contribution < -0.4 is 0 Å². The number of hydrogen-bond acceptors (Lipinski definition) is 5. The van der Waals surface area contributed by atoms with Crippen LogP contribution in [0.3, 0.4) is 0 Å². The average molecular weight is 391 g/mol. The zero-order valence-corrected chi connectivity index (χ0v) is 17.0. The van der Waals surface area contributed by atoms with Gasteiger partial charge in [0.15, 0.2) is 11.5 Å². The zero-order chi connectivity index (χ0) is 20.2. The lowest BCUT2D eigenvalue weighted by Crippen LogP contribution is -2.12. The van der Waals surface area contributed by atoms with Gasteiger partial charge in [0, 0.05) is 11.1 Å². The first kappa shape index (κ1) is 20.8. The number of phenols is 3. The molecule has 1 aromatic rings. The number of aryl methyl sites for hydroxylation is 1. The van der Waals surface area contributed by atoms with Gasteiger partial charge in [0.1, 0.15) is 11.4 Å². The maximum absolute atomic E-state index is 10.5. The maximum Gasteiger partial charge on any atom is 0.293 e. The lowest BCUT2D eigenvalue weighted by molar-refractivity contribution is -0.135. The second kappa shape index (κ2) is 8.62. The predicted octanol–water partition coefficient (Wildman–Crippen LogP) is 5.12. The third-order valence-corrected chi connectivity index (χ3v) is 6.68. The molecular weight excluding hydrogens is 356 g/mol. The summed E-state index contributed by atoms with van der Waals surface area (Å²) in [6, 6.07) is 1.60. The first-order valence-corrected chi connectivity index (χ1v) is 10.8. The minimum Gasteiger partial charge on any atom is -0.508 e. The van der Waals surface area contributed by atoms with Gasteiger partial charge in [0.25, 0.3) is 6.47 Å². The first-order valence-electron chi connectivity index (χ1n) is 10.8. The van der Waals surface area contributed by atoms with Gasteiger partial charge in [-0.3, -0.25) is 4.79 Å². The number of ether oxygens (including phenoxy) is 1. The molecule has 0 aliphatic heterocycles. The van der Waals surface area contributed by atoms with Crippen LogP contribution in [0.25, 0.3) is 0 Å². The van der Waals surface area contributed by atoms with Gasteiger partial charge < -0.3 is 20.1 Å². The van der Waals surface area contributed by atoms with E-state index in [9.17, 15) is 20.1 Å². The molecule has 5 nitrogen and oxygen atoms in total. The summed E-state index contributed by atoms with van der Waals surface area (Å²) >= 11 is 0. The number of rotatable bonds is 13. The van der Waals surface area contributed by atoms with E-state index < -0.39 is 0 Å². The van der Waals surface area contributed by atoms with Gasteiger partial charge in [-0.1, -0.05) is 19.8 Å². The number of carbonyl (C=O) groups excluding carboxylic acids is 1. The standard InChI is InChI=1S/C23H34O5/c1-22(11-12-22)9-5-2-3-7-17-15-19(25)18(21(27)20(17)26)8-4-6-10-23(13-14-23)28-16-24/h15-16,25-27H,2-14H2,1H3. The second-order valence-corrected chi connectivity index (χ2v) is 9.21. The average Bonchev–Trinajstić information content (AvgIpc) is 3.58. The van der Waals surface area contributed by atoms with Crippen molar-refractivity contribution in [2.45, 2.75) is 96.0 Å². The Balaban J connectivity index is 1.45. The summed E-state index contributed by atoms with van der Waals surface area (Å²) in [4.78, 5) is 10.5. The quantitative estimate of drug-likeness (QED) is 0.188. The SMILES string of the molecule is CC1(CCCCCc2cc(O)c(CCCCC3(OC=O)CC3)c(O)c2O)CC1. The van der Waals surface area contributed by atoms with E-state index in [1.54, 1.807) is 6.07 Å². The lowest BCUT2D eigenvalue weighted by atomic mass is 9.96. The zero-order valence-electron chi connectivity index (χ0n) is 17.0. The Hall–Kier alpha value is -1.91. The van der Waals surface area contributed by atoms with Gasteiger partial charge >= 0.3 is 0 Å². The van der Waals surface area contributed by atoms with Crippen LogP contribution in [0.15, 0.2) is 6.07 Å². The Kier molecular flexibility index (Phi) is 6.41. The molecule has 2 aliphatic rings. The normalized spacial score (nSPS) is 18.6. The Morgan fingerprint density at radius 3 is 2.25 bits per heavy atom. The smallest absolute Gasteiger partial charge is 0.293 e. The van der Waals surface area contributed by atoms with Crippen molar-refractivity contribution in [3.05, 3.63) is 17.2 Å². The van der Waals surface area contributed by atoms with Crippen LogP contribution in [-0.2, 0) is 22.4 Å². The van der Waals surface area contributed by atoms with Crippen LogP contribution in [0.1, 0.15) is 88.7 Å². The number of aromatic hydroxyl groups is 3. The Bertz CT molecular complexity index is 689. The van der Waals surface area contributed by atoms with Crippen molar-refractivity contribution in [1.29, 1.82) is 0 Å². The lowest BCUT2D eigenvalue weighted by Gasteiger charge is -2.15. The molecule has 0 amide bonds. The number of unbranched alkanes of at least 4 members (excludes halogenated alkanes) is 3. The highest BCUT2D eigenvalue weighted by Crippen LogP contribution is 2.49. The molecule has 0 spiro atoms. The fraction of sp³-hybridized carbons (Fsp3) is 0.696. The molecule has 0 saturated heterocycles. The van der Waals surface area contributed by atoms with E-state index in [2.05, 4.69) is 6.92 Å². The van der Waals surface area contributed by atoms with Crippen LogP contribution in [0, 0.1) is 5.41 Å². The van der Waals surface area contributed by atoms with E-state index in [0.717, 1.165) is 44.9 Å². The topological polar surface area (TPSA) is 87.0 Å². The molecule has 2 aliphatic carbocycles. The predicted molar refractivity (Wildman–Crippen MR) is 108 cm³/mol. The molecule has 28 heavy (non-hydrogen) atoms. The van der Waals surface area contributed by atoms with Crippen molar-refractivity contribution in [2.24, 2.45) is 5.41 Å². The summed E-state index contributed by atoms with van der Waals surface area (Å²) in [6.45, 7) is 2.86. The summed E-state index contributed by atoms with van der Waals surface area (Å²) in [5.41, 5.74) is 1.34. The molecule has 0 heterocycles. The van der Waals surface area contributed by atoms with E-state index in [1.807, 2.05) is 0 Å². The van der Waals surface area contributed by atoms with Crippen LogP contribution in [0.2, 0.25) is 0 Å². The molecule has 5 heteroatoms. The molecule has 1 aromatic carbocycles. The third kappa shape index (κ3) is 5.33. The molecule has 2 saturated carbocycles. The van der Waals surface area contributed by atoms with Crippen molar-refractivity contribution in [1.82, 2.24) is 0 Å². The van der Waals surface area contributed by atoms with Gasteiger partial charge in [-0.2, -0.15) is 0 Å². The van der Waals surface area contributed by atoms with Crippen molar-refractivity contribution >= 4 is 6.47 Å². The highest BCUT2D eigenvalue weighted by atomic mass is 16.5. The highest BCUT2D eigenvalue weighted by molar-refractivity contribution is 5.56. The largest absolute Gasteiger partial charge is 0.508 e. The van der Waals surface area contributed by atoms with Gasteiger partial charge in [-0.15, -0.1) is 0 Å². The van der Waals surface area contributed by atoms with Crippen molar-refractivity contribution in [3.8, 4) is 17.2 Å². The van der Waals surface area contributed by atoms with Gasteiger partial charge in [-0.05, 0) is 82.1 Å². The molecule has 0 aromatic heterocycles. The minimum absolute atomic E-state index is 0.0565. The second-order valence-electron chi connectivity index (χ2n) is 9.21. The van der Waals surface area contributed by atoms with Crippen LogP contribution in [0.5, 0.6) is 17.2 Å². The summed E-state index contributed by atoms with van der Waals surface area (Å²) in [6.07, 6.45) is 12.6. The molecule has 0 radical (unpaired) electrons. The van der Waals surface area contributed by atoms with Crippen molar-refractivity contribution < 1.29 is 24.9 Å². The van der Waals surface area contributed by atoms with E-state index in [-0.39, 0.29) is 22.8 Å². The van der Waals surface area contributed by atoms with E-state index in [1.165, 1.54) is 25.7 Å². The van der Waals surface area contributed by atoms with Crippen molar-refractivity contribution in [2.75, 3.05) is 0 Å². The molecule has 3 N–H and O–H groups in total. The van der Waals surface area contributed by atoms with Crippen molar-refractivity contribution in [3.63, 3.8) is 0 Å². The van der Waals surface area contributed by atoms with Crippen LogP contribution >= 0.6 is 0 Å². The molecule has 156 valence electrons. The molecule has 0 atom stereocenters. The molecule has 2 fully saturated rings. The Morgan fingerprint density at radius 2 is 1.61 bits per heavy atom. The fourth-order valence-corrected chi connectivity index (χ4v) is 4.10. The van der Waals surface area contributed by atoms with E-state index in [4.69, 9.17) is 4.74 Å². The molecule has 3 rings (SSSR count).